The second-order valence-electron chi connectivity index (χ2n) is 3.13. The Morgan fingerprint density at radius 2 is 2.36 bits per heavy atom. The zero-order chi connectivity index (χ0) is 10.1. The van der Waals surface area contributed by atoms with E-state index in [4.69, 9.17) is 5.26 Å². The van der Waals surface area contributed by atoms with Crippen LogP contribution in [0.5, 0.6) is 0 Å². The van der Waals surface area contributed by atoms with Crippen molar-refractivity contribution >= 4 is 16.5 Å². The SMILES string of the molecule is C=C(C#N)c1ccc2c(cnn2C)c1. The maximum absolute atomic E-state index is 8.70. The van der Waals surface area contributed by atoms with Crippen LogP contribution >= 0.6 is 0 Å². The van der Waals surface area contributed by atoms with Crippen LogP contribution in [0.4, 0.5) is 0 Å². The van der Waals surface area contributed by atoms with Gasteiger partial charge in [-0.1, -0.05) is 12.6 Å². The summed E-state index contributed by atoms with van der Waals surface area (Å²) in [5.41, 5.74) is 2.39. The van der Waals surface area contributed by atoms with Crippen molar-refractivity contribution in [3.63, 3.8) is 0 Å². The third-order valence-electron chi connectivity index (χ3n) is 2.23. The average molecular weight is 183 g/mol. The van der Waals surface area contributed by atoms with Gasteiger partial charge in [-0.15, -0.1) is 0 Å². The van der Waals surface area contributed by atoms with E-state index in [2.05, 4.69) is 11.7 Å². The first-order valence-electron chi connectivity index (χ1n) is 4.23. The smallest absolute Gasteiger partial charge is 0.0991 e. The molecule has 3 nitrogen and oxygen atoms in total. The minimum absolute atomic E-state index is 0.482. The topological polar surface area (TPSA) is 41.6 Å². The zero-order valence-corrected chi connectivity index (χ0v) is 7.86. The maximum atomic E-state index is 8.70. The number of aryl methyl sites for hydroxylation is 1. The standard InChI is InChI=1S/C11H9N3/c1-8(6-12)9-3-4-11-10(5-9)7-13-14(11)2/h3-5,7H,1H2,2H3. The zero-order valence-electron chi connectivity index (χ0n) is 7.86. The first-order chi connectivity index (χ1) is 6.72. The summed E-state index contributed by atoms with van der Waals surface area (Å²) < 4.78 is 1.80. The van der Waals surface area contributed by atoms with E-state index < -0.39 is 0 Å². The summed E-state index contributed by atoms with van der Waals surface area (Å²) in [4.78, 5) is 0. The molecule has 0 aliphatic carbocycles. The lowest BCUT2D eigenvalue weighted by molar-refractivity contribution is 0.797. The van der Waals surface area contributed by atoms with Crippen LogP contribution in [0.2, 0.25) is 0 Å². The van der Waals surface area contributed by atoms with Crippen LogP contribution in [-0.2, 0) is 7.05 Å². The van der Waals surface area contributed by atoms with Crippen LogP contribution in [0.15, 0.2) is 31.0 Å². The lowest BCUT2D eigenvalue weighted by atomic mass is 10.1. The third kappa shape index (κ3) is 1.17. The molecule has 0 spiro atoms. The van der Waals surface area contributed by atoms with Crippen molar-refractivity contribution in [3.8, 4) is 6.07 Å². The van der Waals surface area contributed by atoms with Crippen LogP contribution in [0.1, 0.15) is 5.56 Å². The van der Waals surface area contributed by atoms with Gasteiger partial charge in [0.15, 0.2) is 0 Å². The number of benzene rings is 1. The molecule has 0 bridgehead atoms. The van der Waals surface area contributed by atoms with Gasteiger partial charge in [0.1, 0.15) is 0 Å². The molecule has 3 heteroatoms. The number of hydrogen-bond donors (Lipinski definition) is 0. The molecule has 14 heavy (non-hydrogen) atoms. The highest BCUT2D eigenvalue weighted by molar-refractivity contribution is 5.85. The van der Waals surface area contributed by atoms with E-state index in [-0.39, 0.29) is 0 Å². The second-order valence-corrected chi connectivity index (χ2v) is 3.13. The van der Waals surface area contributed by atoms with Gasteiger partial charge in [0.05, 0.1) is 23.4 Å². The summed E-state index contributed by atoms with van der Waals surface area (Å²) >= 11 is 0. The van der Waals surface area contributed by atoms with E-state index in [9.17, 15) is 0 Å². The molecule has 0 atom stereocenters. The van der Waals surface area contributed by atoms with Gasteiger partial charge < -0.3 is 0 Å². The lowest BCUT2D eigenvalue weighted by Gasteiger charge is -1.98. The Bertz CT molecular complexity index is 543. The Balaban J connectivity index is 2.64. The van der Waals surface area contributed by atoms with E-state index in [0.29, 0.717) is 5.57 Å². The van der Waals surface area contributed by atoms with Crippen LogP contribution in [0.3, 0.4) is 0 Å². The van der Waals surface area contributed by atoms with Gasteiger partial charge in [-0.3, -0.25) is 4.68 Å². The van der Waals surface area contributed by atoms with Gasteiger partial charge >= 0.3 is 0 Å². The molecule has 0 saturated carbocycles. The molecule has 0 amide bonds. The quantitative estimate of drug-likeness (QED) is 0.635. The van der Waals surface area contributed by atoms with Gasteiger partial charge in [-0.25, -0.2) is 0 Å². The third-order valence-corrected chi connectivity index (χ3v) is 2.23. The summed E-state index contributed by atoms with van der Waals surface area (Å²) in [5.74, 6) is 0. The largest absolute Gasteiger partial charge is 0.268 e. The van der Waals surface area contributed by atoms with Crippen molar-refractivity contribution < 1.29 is 0 Å². The van der Waals surface area contributed by atoms with E-state index in [1.165, 1.54) is 0 Å². The monoisotopic (exact) mass is 183 g/mol. The van der Waals surface area contributed by atoms with E-state index in [0.717, 1.165) is 16.5 Å². The van der Waals surface area contributed by atoms with Crippen LogP contribution < -0.4 is 0 Å². The molecule has 2 rings (SSSR count). The van der Waals surface area contributed by atoms with Crippen molar-refractivity contribution in [2.24, 2.45) is 7.05 Å². The first-order valence-corrected chi connectivity index (χ1v) is 4.23. The highest BCUT2D eigenvalue weighted by atomic mass is 15.2. The average Bonchev–Trinajstić information content (AvgIpc) is 2.59. The number of aromatic nitrogens is 2. The van der Waals surface area contributed by atoms with Crippen LogP contribution in [0, 0.1) is 11.3 Å². The van der Waals surface area contributed by atoms with Crippen molar-refractivity contribution in [2.75, 3.05) is 0 Å². The van der Waals surface area contributed by atoms with Gasteiger partial charge in [-0.2, -0.15) is 10.4 Å². The maximum Gasteiger partial charge on any atom is 0.0991 e. The molecule has 0 aliphatic heterocycles. The lowest BCUT2D eigenvalue weighted by Crippen LogP contribution is -1.88. The highest BCUT2D eigenvalue weighted by Gasteiger charge is 2.02. The number of allylic oxidation sites excluding steroid dienone is 1. The molecule has 0 saturated heterocycles. The van der Waals surface area contributed by atoms with Gasteiger partial charge in [0.25, 0.3) is 0 Å². The number of nitrogens with zero attached hydrogens (tertiary/aromatic N) is 3. The molecule has 1 aromatic carbocycles. The molecule has 0 aliphatic rings. The van der Waals surface area contributed by atoms with Gasteiger partial charge in [0.2, 0.25) is 0 Å². The summed E-state index contributed by atoms with van der Waals surface area (Å²) in [6.07, 6.45) is 1.78. The molecule has 0 radical (unpaired) electrons. The van der Waals surface area contributed by atoms with Crippen molar-refractivity contribution in [1.29, 1.82) is 5.26 Å². The predicted octanol–water partition coefficient (Wildman–Crippen LogP) is 2.11. The number of fused-ring (bicyclic) bond motifs is 1. The van der Waals surface area contributed by atoms with E-state index >= 15 is 0 Å². The Morgan fingerprint density at radius 3 is 3.07 bits per heavy atom. The van der Waals surface area contributed by atoms with Crippen molar-refractivity contribution in [2.45, 2.75) is 0 Å². The molecular formula is C11H9N3. The molecule has 1 heterocycles. The first kappa shape index (κ1) is 8.52. The van der Waals surface area contributed by atoms with E-state index in [1.54, 1.807) is 10.9 Å². The molecule has 0 fully saturated rings. The van der Waals surface area contributed by atoms with Crippen LogP contribution in [0.25, 0.3) is 16.5 Å². The normalized spacial score (nSPS) is 10.0. The predicted molar refractivity (Wildman–Crippen MR) is 55.4 cm³/mol. The Morgan fingerprint density at radius 1 is 1.57 bits per heavy atom. The molecule has 0 N–H and O–H groups in total. The molecule has 0 unspecified atom stereocenters. The fourth-order valence-corrected chi connectivity index (χ4v) is 1.42. The number of nitriles is 1. The summed E-state index contributed by atoms with van der Waals surface area (Å²) in [7, 11) is 1.89. The Labute approximate surface area is 81.9 Å². The second kappa shape index (κ2) is 3.00. The van der Waals surface area contributed by atoms with E-state index in [1.807, 2.05) is 31.3 Å². The fourth-order valence-electron chi connectivity index (χ4n) is 1.42. The summed E-state index contributed by atoms with van der Waals surface area (Å²) in [5, 5.41) is 13.9. The summed E-state index contributed by atoms with van der Waals surface area (Å²) in [6.45, 7) is 3.67. The minimum atomic E-state index is 0.482. The molecular weight excluding hydrogens is 174 g/mol. The van der Waals surface area contributed by atoms with Gasteiger partial charge in [0, 0.05) is 12.4 Å². The van der Waals surface area contributed by atoms with Crippen LogP contribution in [-0.4, -0.2) is 9.78 Å². The summed E-state index contributed by atoms with van der Waals surface area (Å²) in [6, 6.07) is 7.78. The highest BCUT2D eigenvalue weighted by Crippen LogP contribution is 2.19. The Kier molecular flexibility index (Phi) is 1.83. The van der Waals surface area contributed by atoms with Crippen molar-refractivity contribution in [3.05, 3.63) is 36.5 Å². The molecule has 68 valence electrons. The Hall–Kier alpha value is -2.08. The molecule has 2 aromatic rings. The number of rotatable bonds is 1. The number of hydrogen-bond acceptors (Lipinski definition) is 2. The minimum Gasteiger partial charge on any atom is -0.268 e. The van der Waals surface area contributed by atoms with Crippen molar-refractivity contribution in [1.82, 2.24) is 9.78 Å². The van der Waals surface area contributed by atoms with Gasteiger partial charge in [-0.05, 0) is 17.7 Å². The molecule has 1 aromatic heterocycles. The fraction of sp³-hybridized carbons (Fsp3) is 0.0909.